The molecule has 1 unspecified atom stereocenters. The SMILES string of the molecule is CCC(C)CCCCCCCCCCCCC(=O)OC[C@H](CO)OC(=O)CCC/C=C\C/C=C\C/C=C\C/C=C\C=C\[C@H](O)CC. The molecule has 46 heavy (non-hydrogen) atoms. The van der Waals surface area contributed by atoms with Crippen molar-refractivity contribution in [2.24, 2.45) is 5.92 Å². The molecule has 264 valence electrons. The van der Waals surface area contributed by atoms with Gasteiger partial charge < -0.3 is 19.7 Å². The van der Waals surface area contributed by atoms with Gasteiger partial charge in [0.1, 0.15) is 6.61 Å². The molecule has 0 heterocycles. The highest BCUT2D eigenvalue weighted by molar-refractivity contribution is 5.70. The Balaban J connectivity index is 3.73. The summed E-state index contributed by atoms with van der Waals surface area (Å²) in [6.07, 6.45) is 39.4. The standard InChI is InChI=1S/C40H68O6/c1-4-36(3)30-26-22-18-14-12-13-16-20-24-28-32-39(43)45-35-38(34-41)46-40(44)33-29-25-21-17-11-9-7-6-8-10-15-19-23-27-31-37(42)5-2/h7-10,17,19,21,23,27,31,36-38,41-42H,4-6,11-16,18,20,22,24-26,28-30,32-35H2,1-3H3/b9-7-,10-8-,21-17-,23-19-,31-27+/t36?,37-,38+/m1/s1. The highest BCUT2D eigenvalue weighted by atomic mass is 16.6. The van der Waals surface area contributed by atoms with Crippen LogP contribution in [0.2, 0.25) is 0 Å². The van der Waals surface area contributed by atoms with Gasteiger partial charge in [-0.2, -0.15) is 0 Å². The second-order valence-electron chi connectivity index (χ2n) is 12.4. The van der Waals surface area contributed by atoms with Gasteiger partial charge in [-0.05, 0) is 50.9 Å². The number of ether oxygens (including phenoxy) is 2. The van der Waals surface area contributed by atoms with E-state index in [1.165, 1.54) is 57.8 Å². The maximum Gasteiger partial charge on any atom is 0.306 e. The summed E-state index contributed by atoms with van der Waals surface area (Å²) in [6, 6.07) is 0. The lowest BCUT2D eigenvalue weighted by Crippen LogP contribution is -2.28. The fraction of sp³-hybridized carbons (Fsp3) is 0.700. The number of carbonyl (C=O) groups is 2. The van der Waals surface area contributed by atoms with Crippen molar-refractivity contribution in [2.45, 2.75) is 161 Å². The molecule has 0 fully saturated rings. The minimum absolute atomic E-state index is 0.0992. The van der Waals surface area contributed by atoms with Crippen LogP contribution in [0.5, 0.6) is 0 Å². The predicted molar refractivity (Wildman–Crippen MR) is 192 cm³/mol. The molecule has 0 spiro atoms. The number of allylic oxidation sites excluding steroid dienone is 9. The van der Waals surface area contributed by atoms with E-state index < -0.39 is 6.10 Å². The Morgan fingerprint density at radius 3 is 1.78 bits per heavy atom. The Labute approximate surface area is 282 Å². The zero-order chi connectivity index (χ0) is 33.9. The van der Waals surface area contributed by atoms with Crippen molar-refractivity contribution in [1.29, 1.82) is 0 Å². The van der Waals surface area contributed by atoms with Crippen molar-refractivity contribution in [1.82, 2.24) is 0 Å². The quantitative estimate of drug-likeness (QED) is 0.0338. The molecule has 6 heteroatoms. The Kier molecular flexibility index (Phi) is 32.1. The average molecular weight is 645 g/mol. The molecule has 6 nitrogen and oxygen atoms in total. The van der Waals surface area contributed by atoms with Gasteiger partial charge in [-0.25, -0.2) is 0 Å². The number of aliphatic hydroxyl groups is 2. The van der Waals surface area contributed by atoms with Crippen LogP contribution >= 0.6 is 0 Å². The van der Waals surface area contributed by atoms with Crippen LogP contribution < -0.4 is 0 Å². The van der Waals surface area contributed by atoms with Gasteiger partial charge in [0.2, 0.25) is 0 Å². The first-order valence-corrected chi connectivity index (χ1v) is 18.3. The molecule has 0 aliphatic carbocycles. The number of esters is 2. The van der Waals surface area contributed by atoms with E-state index in [1.807, 2.05) is 19.1 Å². The Bertz CT molecular complexity index is 856. The van der Waals surface area contributed by atoms with E-state index in [9.17, 15) is 19.8 Å². The molecule has 0 saturated carbocycles. The molecule has 0 aromatic heterocycles. The van der Waals surface area contributed by atoms with E-state index in [-0.39, 0.29) is 37.7 Å². The Hall–Kier alpha value is -2.44. The van der Waals surface area contributed by atoms with Crippen LogP contribution in [0, 0.1) is 5.92 Å². The summed E-state index contributed by atoms with van der Waals surface area (Å²) in [7, 11) is 0. The zero-order valence-corrected chi connectivity index (χ0v) is 29.6. The second kappa shape index (κ2) is 33.9. The largest absolute Gasteiger partial charge is 0.462 e. The third kappa shape index (κ3) is 31.5. The summed E-state index contributed by atoms with van der Waals surface area (Å²) in [5.74, 6) is 0.187. The molecular formula is C40H68O6. The molecule has 0 amide bonds. The molecule has 0 aromatic carbocycles. The molecule has 0 aromatic rings. The Morgan fingerprint density at radius 1 is 0.652 bits per heavy atom. The summed E-state index contributed by atoms with van der Waals surface area (Å²) in [4.78, 5) is 24.2. The lowest BCUT2D eigenvalue weighted by atomic mass is 9.99. The second-order valence-corrected chi connectivity index (χ2v) is 12.4. The van der Waals surface area contributed by atoms with E-state index in [1.54, 1.807) is 6.08 Å². The fourth-order valence-electron chi connectivity index (χ4n) is 4.69. The maximum atomic E-state index is 12.1. The van der Waals surface area contributed by atoms with Crippen LogP contribution in [0.4, 0.5) is 0 Å². The summed E-state index contributed by atoms with van der Waals surface area (Å²) in [6.45, 7) is 6.10. The van der Waals surface area contributed by atoms with Crippen LogP contribution in [0.1, 0.15) is 149 Å². The molecule has 0 bridgehead atoms. The van der Waals surface area contributed by atoms with Crippen molar-refractivity contribution in [3.63, 3.8) is 0 Å². The van der Waals surface area contributed by atoms with Gasteiger partial charge in [0.25, 0.3) is 0 Å². The minimum atomic E-state index is -0.811. The first kappa shape index (κ1) is 43.6. The first-order valence-electron chi connectivity index (χ1n) is 18.3. The van der Waals surface area contributed by atoms with E-state index in [0.717, 1.165) is 57.3 Å². The van der Waals surface area contributed by atoms with Crippen molar-refractivity contribution in [2.75, 3.05) is 13.2 Å². The topological polar surface area (TPSA) is 93.1 Å². The monoisotopic (exact) mass is 645 g/mol. The highest BCUT2D eigenvalue weighted by Gasteiger charge is 2.16. The molecular weight excluding hydrogens is 576 g/mol. The van der Waals surface area contributed by atoms with Gasteiger partial charge in [0.05, 0.1) is 12.7 Å². The van der Waals surface area contributed by atoms with Crippen LogP contribution in [-0.2, 0) is 19.1 Å². The van der Waals surface area contributed by atoms with Gasteiger partial charge in [0, 0.05) is 12.8 Å². The predicted octanol–water partition coefficient (Wildman–Crippen LogP) is 10.1. The van der Waals surface area contributed by atoms with Crippen molar-refractivity contribution in [3.8, 4) is 0 Å². The highest BCUT2D eigenvalue weighted by Crippen LogP contribution is 2.15. The van der Waals surface area contributed by atoms with E-state index in [2.05, 4.69) is 56.4 Å². The fourth-order valence-corrected chi connectivity index (χ4v) is 4.69. The molecule has 0 radical (unpaired) electrons. The number of hydrogen-bond donors (Lipinski definition) is 2. The minimum Gasteiger partial charge on any atom is -0.462 e. The van der Waals surface area contributed by atoms with Gasteiger partial charge in [-0.1, -0.05) is 152 Å². The lowest BCUT2D eigenvalue weighted by molar-refractivity contribution is -0.161. The summed E-state index contributed by atoms with van der Waals surface area (Å²) >= 11 is 0. The smallest absolute Gasteiger partial charge is 0.306 e. The van der Waals surface area contributed by atoms with E-state index in [0.29, 0.717) is 12.8 Å². The number of carbonyl (C=O) groups excluding carboxylic acids is 2. The van der Waals surface area contributed by atoms with Crippen molar-refractivity contribution < 1.29 is 29.3 Å². The van der Waals surface area contributed by atoms with E-state index >= 15 is 0 Å². The van der Waals surface area contributed by atoms with Crippen LogP contribution in [0.15, 0.2) is 60.8 Å². The number of rotatable bonds is 31. The lowest BCUT2D eigenvalue weighted by Gasteiger charge is -2.15. The number of hydrogen-bond acceptors (Lipinski definition) is 6. The normalized spacial score (nSPS) is 14.3. The summed E-state index contributed by atoms with van der Waals surface area (Å²) in [5, 5.41) is 19.0. The summed E-state index contributed by atoms with van der Waals surface area (Å²) < 4.78 is 10.5. The average Bonchev–Trinajstić information content (AvgIpc) is 3.06. The van der Waals surface area contributed by atoms with Crippen molar-refractivity contribution in [3.05, 3.63) is 60.8 Å². The molecule has 0 saturated heterocycles. The molecule has 0 rings (SSSR count). The van der Waals surface area contributed by atoms with Crippen molar-refractivity contribution >= 4 is 11.9 Å². The van der Waals surface area contributed by atoms with Gasteiger partial charge in [-0.15, -0.1) is 0 Å². The van der Waals surface area contributed by atoms with E-state index in [4.69, 9.17) is 9.47 Å². The third-order valence-corrected chi connectivity index (χ3v) is 8.02. The third-order valence-electron chi connectivity index (χ3n) is 8.02. The van der Waals surface area contributed by atoms with Crippen LogP contribution in [0.3, 0.4) is 0 Å². The Morgan fingerprint density at radius 2 is 1.20 bits per heavy atom. The van der Waals surface area contributed by atoms with Crippen LogP contribution in [0.25, 0.3) is 0 Å². The number of unbranched alkanes of at least 4 members (excludes halogenated alkanes) is 10. The zero-order valence-electron chi connectivity index (χ0n) is 29.6. The maximum absolute atomic E-state index is 12.1. The first-order chi connectivity index (χ1) is 22.4. The van der Waals surface area contributed by atoms with Crippen LogP contribution in [-0.4, -0.2) is 47.6 Å². The molecule has 3 atom stereocenters. The molecule has 0 aliphatic rings. The molecule has 0 aliphatic heterocycles. The number of aliphatic hydroxyl groups excluding tert-OH is 2. The molecule has 2 N–H and O–H groups in total. The summed E-state index contributed by atoms with van der Waals surface area (Å²) in [5.41, 5.74) is 0. The van der Waals surface area contributed by atoms with Gasteiger partial charge >= 0.3 is 11.9 Å². The van der Waals surface area contributed by atoms with Gasteiger partial charge in [-0.3, -0.25) is 9.59 Å². The van der Waals surface area contributed by atoms with Gasteiger partial charge in [0.15, 0.2) is 6.10 Å².